The van der Waals surface area contributed by atoms with Gasteiger partial charge in [-0.1, -0.05) is 41.9 Å². The Morgan fingerprint density at radius 1 is 0.962 bits per heavy atom. The van der Waals surface area contributed by atoms with Crippen LogP contribution in [0.25, 0.3) is 0 Å². The molecule has 4 nitrogen and oxygen atoms in total. The number of methoxy groups -OCH3 is 2. The van der Waals surface area contributed by atoms with Crippen LogP contribution < -0.4 is 14.8 Å². The Kier molecular flexibility index (Phi) is 7.33. The van der Waals surface area contributed by atoms with Gasteiger partial charge in [-0.25, -0.2) is 0 Å². The van der Waals surface area contributed by atoms with Crippen LogP contribution in [0.15, 0.2) is 36.4 Å². The Hall–Kier alpha value is -1.75. The normalized spacial score (nSPS) is 11.5. The molecular weight excluding hydrogens is 350 g/mol. The van der Waals surface area contributed by atoms with Gasteiger partial charge in [0.15, 0.2) is 11.5 Å². The highest BCUT2D eigenvalue weighted by atomic mass is 35.5. The number of hydrogen-bond donors (Lipinski definition) is 1. The van der Waals surface area contributed by atoms with Crippen LogP contribution in [0.2, 0.25) is 5.02 Å². The lowest BCUT2D eigenvalue weighted by Gasteiger charge is -2.19. The molecule has 0 aliphatic heterocycles. The van der Waals surface area contributed by atoms with Crippen molar-refractivity contribution in [3.05, 3.63) is 58.1 Å². The van der Waals surface area contributed by atoms with Crippen LogP contribution in [0.4, 0.5) is 0 Å². The average molecular weight is 378 g/mol. The summed E-state index contributed by atoms with van der Waals surface area (Å²) in [4.78, 5) is 0. The minimum Gasteiger partial charge on any atom is -0.493 e. The third kappa shape index (κ3) is 5.90. The SMILES string of the molecule is COc1ccc(CNCc2cccc(COC(C)(C)C)c2)c(Cl)c1OC. The second-order valence-electron chi connectivity index (χ2n) is 7.10. The summed E-state index contributed by atoms with van der Waals surface area (Å²) in [6, 6.07) is 12.2. The van der Waals surface area contributed by atoms with Gasteiger partial charge in [0.05, 0.1) is 31.5 Å². The number of benzene rings is 2. The maximum Gasteiger partial charge on any atom is 0.179 e. The lowest BCUT2D eigenvalue weighted by molar-refractivity contribution is -0.0149. The summed E-state index contributed by atoms with van der Waals surface area (Å²) in [6.07, 6.45) is 0. The number of ether oxygens (including phenoxy) is 3. The molecule has 0 bridgehead atoms. The molecule has 0 atom stereocenters. The Morgan fingerprint density at radius 2 is 1.69 bits per heavy atom. The molecule has 0 amide bonds. The minimum absolute atomic E-state index is 0.140. The molecule has 142 valence electrons. The minimum atomic E-state index is -0.140. The fraction of sp³-hybridized carbons (Fsp3) is 0.429. The van der Waals surface area contributed by atoms with Gasteiger partial charge in [0, 0.05) is 13.1 Å². The molecular formula is C21H28ClNO3. The zero-order valence-electron chi connectivity index (χ0n) is 16.2. The average Bonchev–Trinajstić information content (AvgIpc) is 2.61. The van der Waals surface area contributed by atoms with Gasteiger partial charge in [-0.2, -0.15) is 0 Å². The molecule has 0 aromatic heterocycles. The lowest BCUT2D eigenvalue weighted by Crippen LogP contribution is -2.18. The van der Waals surface area contributed by atoms with Gasteiger partial charge in [0.1, 0.15) is 0 Å². The quantitative estimate of drug-likeness (QED) is 0.705. The van der Waals surface area contributed by atoms with Crippen LogP contribution in [0.1, 0.15) is 37.5 Å². The van der Waals surface area contributed by atoms with E-state index in [0.717, 1.165) is 12.1 Å². The summed E-state index contributed by atoms with van der Waals surface area (Å²) in [6.45, 7) is 8.18. The summed E-state index contributed by atoms with van der Waals surface area (Å²) in [5.74, 6) is 1.20. The largest absolute Gasteiger partial charge is 0.493 e. The van der Waals surface area contributed by atoms with E-state index in [1.807, 2.05) is 12.1 Å². The Labute approximate surface area is 161 Å². The molecule has 2 rings (SSSR count). The van der Waals surface area contributed by atoms with Gasteiger partial charge < -0.3 is 19.5 Å². The second kappa shape index (κ2) is 9.26. The van der Waals surface area contributed by atoms with Gasteiger partial charge in [0.2, 0.25) is 0 Å². The van der Waals surface area contributed by atoms with Crippen LogP contribution in [-0.4, -0.2) is 19.8 Å². The topological polar surface area (TPSA) is 39.7 Å². The molecule has 0 saturated heterocycles. The van der Waals surface area contributed by atoms with Crippen LogP contribution in [0, 0.1) is 0 Å². The van der Waals surface area contributed by atoms with Gasteiger partial charge in [-0.05, 0) is 43.5 Å². The summed E-state index contributed by atoms with van der Waals surface area (Å²) in [5, 5.41) is 4.00. The summed E-state index contributed by atoms with van der Waals surface area (Å²) < 4.78 is 16.5. The van der Waals surface area contributed by atoms with Crippen molar-refractivity contribution in [2.45, 2.75) is 46.1 Å². The zero-order chi connectivity index (χ0) is 19.2. The first-order valence-corrected chi connectivity index (χ1v) is 9.03. The first-order chi connectivity index (χ1) is 12.3. The Balaban J connectivity index is 1.96. The first-order valence-electron chi connectivity index (χ1n) is 8.66. The van der Waals surface area contributed by atoms with Crippen LogP contribution in [0.5, 0.6) is 11.5 Å². The van der Waals surface area contributed by atoms with E-state index in [4.69, 9.17) is 25.8 Å². The van der Waals surface area contributed by atoms with Crippen molar-refractivity contribution >= 4 is 11.6 Å². The van der Waals surface area contributed by atoms with Crippen molar-refractivity contribution < 1.29 is 14.2 Å². The smallest absolute Gasteiger partial charge is 0.179 e. The van der Waals surface area contributed by atoms with Crippen molar-refractivity contribution in [2.75, 3.05) is 14.2 Å². The summed E-state index contributed by atoms with van der Waals surface area (Å²) in [5.41, 5.74) is 3.20. The molecule has 0 saturated carbocycles. The van der Waals surface area contributed by atoms with Gasteiger partial charge in [-0.3, -0.25) is 0 Å². The number of hydrogen-bond acceptors (Lipinski definition) is 4. The molecule has 0 aliphatic carbocycles. The summed E-state index contributed by atoms with van der Waals surface area (Å²) >= 11 is 6.42. The standard InChI is InChI=1S/C21H28ClNO3/c1-21(2,3)26-14-16-8-6-7-15(11-16)12-23-13-17-9-10-18(24-4)20(25-5)19(17)22/h6-11,23H,12-14H2,1-5H3. The van der Waals surface area contributed by atoms with Crippen molar-refractivity contribution in [1.82, 2.24) is 5.32 Å². The maximum absolute atomic E-state index is 6.42. The third-order valence-electron chi connectivity index (χ3n) is 3.87. The molecule has 0 unspecified atom stereocenters. The second-order valence-corrected chi connectivity index (χ2v) is 7.48. The molecule has 5 heteroatoms. The van der Waals surface area contributed by atoms with Gasteiger partial charge >= 0.3 is 0 Å². The lowest BCUT2D eigenvalue weighted by atomic mass is 10.1. The van der Waals surface area contributed by atoms with Crippen molar-refractivity contribution in [1.29, 1.82) is 0 Å². The van der Waals surface area contributed by atoms with E-state index in [9.17, 15) is 0 Å². The van der Waals surface area contributed by atoms with E-state index in [1.165, 1.54) is 11.1 Å². The van der Waals surface area contributed by atoms with Crippen molar-refractivity contribution in [3.63, 3.8) is 0 Å². The van der Waals surface area contributed by atoms with E-state index in [1.54, 1.807) is 14.2 Å². The van der Waals surface area contributed by atoms with Crippen LogP contribution in [0.3, 0.4) is 0 Å². The first kappa shape index (κ1) is 20.6. The fourth-order valence-corrected chi connectivity index (χ4v) is 2.84. The molecule has 0 fully saturated rings. The highest BCUT2D eigenvalue weighted by Gasteiger charge is 2.13. The zero-order valence-corrected chi connectivity index (χ0v) is 16.9. The summed E-state index contributed by atoms with van der Waals surface area (Å²) in [7, 11) is 3.19. The fourth-order valence-electron chi connectivity index (χ4n) is 2.54. The molecule has 2 aromatic carbocycles. The molecule has 0 radical (unpaired) electrons. The molecule has 0 spiro atoms. The molecule has 0 heterocycles. The van der Waals surface area contributed by atoms with E-state index in [-0.39, 0.29) is 5.60 Å². The molecule has 2 aromatic rings. The number of nitrogens with one attached hydrogen (secondary N) is 1. The van der Waals surface area contributed by atoms with Crippen molar-refractivity contribution in [3.8, 4) is 11.5 Å². The molecule has 0 aliphatic rings. The van der Waals surface area contributed by atoms with Crippen LogP contribution in [-0.2, 0) is 24.4 Å². The highest BCUT2D eigenvalue weighted by Crippen LogP contribution is 2.37. The number of halogens is 1. The monoisotopic (exact) mass is 377 g/mol. The Bertz CT molecular complexity index is 726. The Morgan fingerprint density at radius 3 is 2.35 bits per heavy atom. The van der Waals surface area contributed by atoms with E-state index >= 15 is 0 Å². The maximum atomic E-state index is 6.42. The number of rotatable bonds is 8. The van der Waals surface area contributed by atoms with Gasteiger partial charge in [0.25, 0.3) is 0 Å². The van der Waals surface area contributed by atoms with Crippen LogP contribution >= 0.6 is 11.6 Å². The van der Waals surface area contributed by atoms with E-state index < -0.39 is 0 Å². The van der Waals surface area contributed by atoms with E-state index in [2.05, 4.69) is 50.4 Å². The third-order valence-corrected chi connectivity index (χ3v) is 4.29. The predicted molar refractivity (Wildman–Crippen MR) is 106 cm³/mol. The predicted octanol–water partition coefficient (Wildman–Crippen LogP) is 4.96. The van der Waals surface area contributed by atoms with Crippen molar-refractivity contribution in [2.24, 2.45) is 0 Å². The molecule has 26 heavy (non-hydrogen) atoms. The van der Waals surface area contributed by atoms with Gasteiger partial charge in [-0.15, -0.1) is 0 Å². The molecule has 1 N–H and O–H groups in total. The van der Waals surface area contributed by atoms with E-state index in [0.29, 0.717) is 29.7 Å². The highest BCUT2D eigenvalue weighted by molar-refractivity contribution is 6.33.